The SMILES string of the molecule is COc1ccc(NC(=O)c2cc3n(n2)CC(c2ccc(Br)cc2)OC3)cc1OC. The van der Waals surface area contributed by atoms with Gasteiger partial charge in [0.2, 0.25) is 0 Å². The molecule has 0 saturated carbocycles. The predicted octanol–water partition coefficient (Wildman–Crippen LogP) is 4.19. The molecule has 0 spiro atoms. The van der Waals surface area contributed by atoms with Gasteiger partial charge in [0.05, 0.1) is 33.1 Å². The summed E-state index contributed by atoms with van der Waals surface area (Å²) in [7, 11) is 3.12. The maximum atomic E-state index is 12.7. The first kappa shape index (κ1) is 19.5. The Hall–Kier alpha value is -2.84. The average molecular weight is 458 g/mol. The van der Waals surface area contributed by atoms with Crippen LogP contribution in [0.4, 0.5) is 5.69 Å². The summed E-state index contributed by atoms with van der Waals surface area (Å²) in [5.41, 5.74) is 2.89. The van der Waals surface area contributed by atoms with Crippen LogP contribution in [0.3, 0.4) is 0 Å². The van der Waals surface area contributed by atoms with E-state index in [4.69, 9.17) is 14.2 Å². The monoisotopic (exact) mass is 457 g/mol. The molecule has 1 aliphatic rings. The maximum absolute atomic E-state index is 12.7. The van der Waals surface area contributed by atoms with Gasteiger partial charge >= 0.3 is 0 Å². The second-order valence-electron chi connectivity index (χ2n) is 6.58. The Bertz CT molecular complexity index is 1030. The van der Waals surface area contributed by atoms with Gasteiger partial charge in [-0.3, -0.25) is 9.48 Å². The minimum absolute atomic E-state index is 0.0998. The number of carbonyl (C=O) groups excluding carboxylic acids is 1. The Morgan fingerprint density at radius 3 is 2.62 bits per heavy atom. The van der Waals surface area contributed by atoms with Gasteiger partial charge in [0.25, 0.3) is 5.91 Å². The molecule has 0 fully saturated rings. The summed E-state index contributed by atoms with van der Waals surface area (Å²) in [6.45, 7) is 0.956. The van der Waals surface area contributed by atoms with E-state index in [1.807, 2.05) is 28.9 Å². The van der Waals surface area contributed by atoms with Crippen LogP contribution < -0.4 is 14.8 Å². The number of benzene rings is 2. The molecular weight excluding hydrogens is 438 g/mol. The molecular formula is C21H20BrN3O4. The van der Waals surface area contributed by atoms with Gasteiger partial charge in [0.1, 0.15) is 6.10 Å². The zero-order valence-electron chi connectivity index (χ0n) is 16.0. The van der Waals surface area contributed by atoms with E-state index in [1.54, 1.807) is 38.5 Å². The number of nitrogens with one attached hydrogen (secondary N) is 1. The molecule has 1 aromatic heterocycles. The fourth-order valence-electron chi connectivity index (χ4n) is 3.22. The summed E-state index contributed by atoms with van der Waals surface area (Å²) in [6, 6.07) is 15.0. The van der Waals surface area contributed by atoms with E-state index in [-0.39, 0.29) is 12.0 Å². The minimum Gasteiger partial charge on any atom is -0.493 e. The number of nitrogens with zero attached hydrogens (tertiary/aromatic N) is 2. The van der Waals surface area contributed by atoms with Crippen LogP contribution in [-0.2, 0) is 17.9 Å². The summed E-state index contributed by atoms with van der Waals surface area (Å²) in [6.07, 6.45) is -0.0998. The molecule has 0 aliphatic carbocycles. The largest absolute Gasteiger partial charge is 0.493 e. The lowest BCUT2D eigenvalue weighted by Gasteiger charge is -2.24. The Labute approximate surface area is 176 Å². The van der Waals surface area contributed by atoms with Gasteiger partial charge in [-0.1, -0.05) is 28.1 Å². The summed E-state index contributed by atoms with van der Waals surface area (Å²) in [5.74, 6) is 0.846. The third-order valence-corrected chi connectivity index (χ3v) is 5.28. The second-order valence-corrected chi connectivity index (χ2v) is 7.49. The summed E-state index contributed by atoms with van der Waals surface area (Å²) in [5, 5.41) is 7.32. The number of methoxy groups -OCH3 is 2. The maximum Gasteiger partial charge on any atom is 0.276 e. The highest BCUT2D eigenvalue weighted by Crippen LogP contribution is 2.30. The first-order chi connectivity index (χ1) is 14.1. The molecule has 0 radical (unpaired) electrons. The molecule has 8 heteroatoms. The van der Waals surface area contributed by atoms with Crippen LogP contribution in [-0.4, -0.2) is 29.9 Å². The molecule has 1 aliphatic heterocycles. The van der Waals surface area contributed by atoms with Crippen LogP contribution in [0.1, 0.15) is 27.8 Å². The molecule has 1 unspecified atom stereocenters. The number of anilines is 1. The van der Waals surface area contributed by atoms with E-state index in [9.17, 15) is 4.79 Å². The van der Waals surface area contributed by atoms with Crippen LogP contribution in [0.5, 0.6) is 11.5 Å². The third-order valence-electron chi connectivity index (χ3n) is 4.75. The highest BCUT2D eigenvalue weighted by molar-refractivity contribution is 9.10. The van der Waals surface area contributed by atoms with E-state index >= 15 is 0 Å². The molecule has 2 heterocycles. The molecule has 1 N–H and O–H groups in total. The third kappa shape index (κ3) is 4.13. The number of hydrogen-bond acceptors (Lipinski definition) is 5. The van der Waals surface area contributed by atoms with Crippen molar-refractivity contribution in [1.82, 2.24) is 9.78 Å². The number of aromatic nitrogens is 2. The normalized spacial score (nSPS) is 15.5. The first-order valence-corrected chi connectivity index (χ1v) is 9.84. The highest BCUT2D eigenvalue weighted by Gasteiger charge is 2.24. The highest BCUT2D eigenvalue weighted by atomic mass is 79.9. The van der Waals surface area contributed by atoms with Crippen molar-refractivity contribution in [2.75, 3.05) is 19.5 Å². The first-order valence-electron chi connectivity index (χ1n) is 9.04. The predicted molar refractivity (Wildman–Crippen MR) is 111 cm³/mol. The molecule has 2 aromatic carbocycles. The van der Waals surface area contributed by atoms with Crippen molar-refractivity contribution in [2.45, 2.75) is 19.3 Å². The van der Waals surface area contributed by atoms with Gasteiger partial charge in [-0.15, -0.1) is 0 Å². The van der Waals surface area contributed by atoms with Gasteiger partial charge in [-0.25, -0.2) is 0 Å². The smallest absolute Gasteiger partial charge is 0.276 e. The zero-order valence-corrected chi connectivity index (χ0v) is 17.6. The van der Waals surface area contributed by atoms with Crippen molar-refractivity contribution in [2.24, 2.45) is 0 Å². The molecule has 0 bridgehead atoms. The van der Waals surface area contributed by atoms with Gasteiger partial charge in [0.15, 0.2) is 17.2 Å². The van der Waals surface area contributed by atoms with Crippen LogP contribution >= 0.6 is 15.9 Å². The Morgan fingerprint density at radius 1 is 1.14 bits per heavy atom. The van der Waals surface area contributed by atoms with Gasteiger partial charge in [-0.05, 0) is 35.9 Å². The number of carbonyl (C=O) groups is 1. The minimum atomic E-state index is -0.292. The van der Waals surface area contributed by atoms with Crippen molar-refractivity contribution < 1.29 is 19.0 Å². The standard InChI is InChI=1S/C21H20BrN3O4/c1-27-18-8-7-15(9-19(18)28-2)23-21(26)17-10-16-12-29-20(11-25(16)24-17)13-3-5-14(22)6-4-13/h3-10,20H,11-12H2,1-2H3,(H,23,26). The number of fused-ring (bicyclic) bond motifs is 1. The van der Waals surface area contributed by atoms with Gasteiger partial charge in [0, 0.05) is 16.2 Å². The lowest BCUT2D eigenvalue weighted by atomic mass is 10.1. The second kappa shape index (κ2) is 8.26. The van der Waals surface area contributed by atoms with Crippen molar-refractivity contribution in [3.8, 4) is 11.5 Å². The molecule has 0 saturated heterocycles. The summed E-state index contributed by atoms with van der Waals surface area (Å²) < 4.78 is 19.3. The van der Waals surface area contributed by atoms with Crippen molar-refractivity contribution in [1.29, 1.82) is 0 Å². The molecule has 4 rings (SSSR count). The number of amides is 1. The van der Waals surface area contributed by atoms with E-state index in [1.165, 1.54) is 0 Å². The Morgan fingerprint density at radius 2 is 1.90 bits per heavy atom. The quantitative estimate of drug-likeness (QED) is 0.621. The molecule has 150 valence electrons. The lowest BCUT2D eigenvalue weighted by Crippen LogP contribution is -2.22. The molecule has 1 amide bonds. The van der Waals surface area contributed by atoms with Crippen molar-refractivity contribution in [3.63, 3.8) is 0 Å². The molecule has 29 heavy (non-hydrogen) atoms. The van der Waals surface area contributed by atoms with Crippen LogP contribution in [0.25, 0.3) is 0 Å². The average Bonchev–Trinajstić information content (AvgIpc) is 3.17. The molecule has 1 atom stereocenters. The zero-order chi connectivity index (χ0) is 20.4. The molecule has 3 aromatic rings. The van der Waals surface area contributed by atoms with E-state index < -0.39 is 0 Å². The Kier molecular flexibility index (Phi) is 5.55. The van der Waals surface area contributed by atoms with E-state index in [0.29, 0.717) is 36.0 Å². The topological polar surface area (TPSA) is 74.6 Å². The van der Waals surface area contributed by atoms with Crippen molar-refractivity contribution in [3.05, 3.63) is 70.0 Å². The van der Waals surface area contributed by atoms with Gasteiger partial charge < -0.3 is 19.5 Å². The van der Waals surface area contributed by atoms with Crippen LogP contribution in [0.15, 0.2) is 53.0 Å². The van der Waals surface area contributed by atoms with E-state index in [2.05, 4.69) is 26.3 Å². The molecule has 7 nitrogen and oxygen atoms in total. The number of ether oxygens (including phenoxy) is 3. The van der Waals surface area contributed by atoms with Crippen molar-refractivity contribution >= 4 is 27.5 Å². The summed E-state index contributed by atoms with van der Waals surface area (Å²) in [4.78, 5) is 12.7. The fraction of sp³-hybridized carbons (Fsp3) is 0.238. The van der Waals surface area contributed by atoms with E-state index in [0.717, 1.165) is 15.7 Å². The van der Waals surface area contributed by atoms with Gasteiger partial charge in [-0.2, -0.15) is 5.10 Å². The summed E-state index contributed by atoms with van der Waals surface area (Å²) >= 11 is 3.44. The van der Waals surface area contributed by atoms with Crippen LogP contribution in [0.2, 0.25) is 0 Å². The number of hydrogen-bond donors (Lipinski definition) is 1. The van der Waals surface area contributed by atoms with Crippen LogP contribution in [0, 0.1) is 0 Å². The lowest BCUT2D eigenvalue weighted by molar-refractivity contribution is -0.00119. The number of rotatable bonds is 5. The number of halogens is 1. The fourth-order valence-corrected chi connectivity index (χ4v) is 3.49. The Balaban J connectivity index is 1.48.